The number of aromatic nitrogens is 2. The van der Waals surface area contributed by atoms with Crippen LogP contribution in [0.5, 0.6) is 0 Å². The Balaban J connectivity index is 2.10. The standard InChI is InChI=1S/C16H15F3N2O3S/c1-8-13(15(23)24-3)9(2)21-14(8)11(22)7-25-12-5-4-10(6-20-12)16(17,18)19/h4-6,21H,7H2,1-3H3. The van der Waals surface area contributed by atoms with Crippen molar-refractivity contribution in [2.24, 2.45) is 0 Å². The second-order valence-electron chi connectivity index (χ2n) is 5.21. The highest BCUT2D eigenvalue weighted by Gasteiger charge is 2.30. The number of pyridine rings is 1. The minimum absolute atomic E-state index is 0.0280. The minimum Gasteiger partial charge on any atom is -0.465 e. The van der Waals surface area contributed by atoms with Crippen molar-refractivity contribution < 1.29 is 27.5 Å². The molecule has 2 aromatic rings. The zero-order chi connectivity index (χ0) is 18.8. The van der Waals surface area contributed by atoms with Gasteiger partial charge in [-0.15, -0.1) is 0 Å². The summed E-state index contributed by atoms with van der Waals surface area (Å²) in [5, 5.41) is 0.301. The number of carbonyl (C=O) groups is 2. The fraction of sp³-hybridized carbons (Fsp3) is 0.312. The lowest BCUT2D eigenvalue weighted by Gasteiger charge is -2.06. The van der Waals surface area contributed by atoms with E-state index in [0.29, 0.717) is 21.8 Å². The molecule has 0 aliphatic heterocycles. The lowest BCUT2D eigenvalue weighted by Crippen LogP contribution is -2.07. The molecule has 0 unspecified atom stereocenters. The highest BCUT2D eigenvalue weighted by Crippen LogP contribution is 2.30. The SMILES string of the molecule is COC(=O)c1c(C)[nH]c(C(=O)CSc2ccc(C(F)(F)F)cn2)c1C. The van der Waals surface area contributed by atoms with Crippen molar-refractivity contribution in [1.82, 2.24) is 9.97 Å². The summed E-state index contributed by atoms with van der Waals surface area (Å²) in [5.74, 6) is -0.857. The van der Waals surface area contributed by atoms with Gasteiger partial charge in [0, 0.05) is 11.9 Å². The van der Waals surface area contributed by atoms with E-state index in [1.165, 1.54) is 13.2 Å². The summed E-state index contributed by atoms with van der Waals surface area (Å²) in [5.41, 5.74) is 0.739. The predicted octanol–water partition coefficient (Wildman–Crippen LogP) is 3.81. The van der Waals surface area contributed by atoms with E-state index in [0.717, 1.165) is 24.0 Å². The number of thioether (sulfide) groups is 1. The van der Waals surface area contributed by atoms with Crippen molar-refractivity contribution >= 4 is 23.5 Å². The van der Waals surface area contributed by atoms with Crippen LogP contribution >= 0.6 is 11.8 Å². The number of aryl methyl sites for hydroxylation is 1. The number of ketones is 1. The van der Waals surface area contributed by atoms with Gasteiger partial charge in [0.2, 0.25) is 0 Å². The van der Waals surface area contributed by atoms with E-state index in [9.17, 15) is 22.8 Å². The molecule has 2 aromatic heterocycles. The molecule has 9 heteroatoms. The van der Waals surface area contributed by atoms with Crippen LogP contribution in [0.3, 0.4) is 0 Å². The summed E-state index contributed by atoms with van der Waals surface area (Å²) in [6.45, 7) is 3.28. The van der Waals surface area contributed by atoms with Crippen molar-refractivity contribution in [1.29, 1.82) is 0 Å². The summed E-state index contributed by atoms with van der Waals surface area (Å²) in [6, 6.07) is 2.13. The Kier molecular flexibility index (Phi) is 5.56. The zero-order valence-corrected chi connectivity index (χ0v) is 14.5. The number of nitrogens with zero attached hydrogens (tertiary/aromatic N) is 1. The van der Waals surface area contributed by atoms with Crippen molar-refractivity contribution in [3.8, 4) is 0 Å². The van der Waals surface area contributed by atoms with Crippen molar-refractivity contribution in [2.45, 2.75) is 25.0 Å². The number of hydrogen-bond donors (Lipinski definition) is 1. The van der Waals surface area contributed by atoms with Crippen LogP contribution in [0.2, 0.25) is 0 Å². The normalized spacial score (nSPS) is 11.4. The molecule has 0 atom stereocenters. The Bertz CT molecular complexity index is 798. The van der Waals surface area contributed by atoms with E-state index in [4.69, 9.17) is 0 Å². The van der Waals surface area contributed by atoms with E-state index in [2.05, 4.69) is 14.7 Å². The number of esters is 1. The van der Waals surface area contributed by atoms with Crippen LogP contribution in [-0.4, -0.2) is 34.6 Å². The third kappa shape index (κ3) is 4.22. The third-order valence-electron chi connectivity index (χ3n) is 3.52. The average molecular weight is 372 g/mol. The molecule has 0 aliphatic rings. The van der Waals surface area contributed by atoms with E-state index >= 15 is 0 Å². The zero-order valence-electron chi connectivity index (χ0n) is 13.7. The average Bonchev–Trinajstić information content (AvgIpc) is 2.86. The maximum Gasteiger partial charge on any atom is 0.417 e. The van der Waals surface area contributed by atoms with E-state index in [-0.39, 0.29) is 17.2 Å². The quantitative estimate of drug-likeness (QED) is 0.491. The number of carbonyl (C=O) groups excluding carboxylic acids is 2. The van der Waals surface area contributed by atoms with Gasteiger partial charge in [0.1, 0.15) is 0 Å². The van der Waals surface area contributed by atoms with Crippen LogP contribution in [-0.2, 0) is 10.9 Å². The molecule has 0 spiro atoms. The van der Waals surface area contributed by atoms with E-state index in [1.807, 2.05) is 0 Å². The molecule has 0 saturated carbocycles. The Hall–Kier alpha value is -2.29. The van der Waals surface area contributed by atoms with Crippen LogP contribution in [0, 0.1) is 13.8 Å². The largest absolute Gasteiger partial charge is 0.465 e. The summed E-state index contributed by atoms with van der Waals surface area (Å²) in [4.78, 5) is 30.6. The molecule has 0 fully saturated rings. The predicted molar refractivity (Wildman–Crippen MR) is 85.9 cm³/mol. The highest BCUT2D eigenvalue weighted by atomic mass is 32.2. The number of aromatic amines is 1. The molecular formula is C16H15F3N2O3S. The molecule has 0 radical (unpaired) electrons. The molecule has 5 nitrogen and oxygen atoms in total. The smallest absolute Gasteiger partial charge is 0.417 e. The Labute approximate surface area is 146 Å². The highest BCUT2D eigenvalue weighted by molar-refractivity contribution is 7.99. The van der Waals surface area contributed by atoms with E-state index < -0.39 is 17.7 Å². The first-order valence-electron chi connectivity index (χ1n) is 7.12. The molecule has 134 valence electrons. The molecule has 25 heavy (non-hydrogen) atoms. The van der Waals surface area contributed by atoms with Crippen LogP contribution in [0.4, 0.5) is 13.2 Å². The summed E-state index contributed by atoms with van der Waals surface area (Å²) in [6.07, 6.45) is -3.72. The molecule has 2 heterocycles. The van der Waals surface area contributed by atoms with Gasteiger partial charge >= 0.3 is 12.1 Å². The fourth-order valence-corrected chi connectivity index (χ4v) is 3.00. The number of ether oxygens (including phenoxy) is 1. The van der Waals surface area contributed by atoms with Gasteiger partial charge in [-0.1, -0.05) is 11.8 Å². The van der Waals surface area contributed by atoms with Gasteiger partial charge in [0.15, 0.2) is 5.78 Å². The number of H-pyrrole nitrogens is 1. The van der Waals surface area contributed by atoms with Gasteiger partial charge in [-0.2, -0.15) is 13.2 Å². The van der Waals surface area contributed by atoms with Crippen molar-refractivity contribution in [3.05, 3.63) is 46.4 Å². The Morgan fingerprint density at radius 2 is 1.96 bits per heavy atom. The first kappa shape index (κ1) is 19.0. The maximum absolute atomic E-state index is 12.5. The second-order valence-corrected chi connectivity index (χ2v) is 6.21. The van der Waals surface area contributed by atoms with Crippen LogP contribution in [0.1, 0.15) is 37.7 Å². The molecule has 0 bridgehead atoms. The minimum atomic E-state index is -4.45. The van der Waals surface area contributed by atoms with Gasteiger partial charge in [0.25, 0.3) is 0 Å². The maximum atomic E-state index is 12.5. The van der Waals surface area contributed by atoms with Crippen LogP contribution in [0.25, 0.3) is 0 Å². The Morgan fingerprint density at radius 1 is 1.28 bits per heavy atom. The van der Waals surface area contributed by atoms with Crippen LogP contribution in [0.15, 0.2) is 23.4 Å². The van der Waals surface area contributed by atoms with Crippen molar-refractivity contribution in [2.75, 3.05) is 12.9 Å². The van der Waals surface area contributed by atoms with Crippen LogP contribution < -0.4 is 0 Å². The molecule has 1 N–H and O–H groups in total. The van der Waals surface area contributed by atoms with Gasteiger partial charge in [-0.25, -0.2) is 9.78 Å². The van der Waals surface area contributed by atoms with E-state index in [1.54, 1.807) is 13.8 Å². The lowest BCUT2D eigenvalue weighted by atomic mass is 10.1. The van der Waals surface area contributed by atoms with Gasteiger partial charge in [-0.05, 0) is 31.5 Å². The van der Waals surface area contributed by atoms with Crippen molar-refractivity contribution in [3.63, 3.8) is 0 Å². The molecular weight excluding hydrogens is 357 g/mol. The summed E-state index contributed by atoms with van der Waals surface area (Å²) >= 11 is 1.02. The summed E-state index contributed by atoms with van der Waals surface area (Å²) < 4.78 is 42.2. The third-order valence-corrected chi connectivity index (χ3v) is 4.46. The first-order chi connectivity index (χ1) is 11.6. The number of alkyl halides is 3. The van der Waals surface area contributed by atoms with Gasteiger partial charge in [0.05, 0.1) is 34.7 Å². The second kappa shape index (κ2) is 7.30. The lowest BCUT2D eigenvalue weighted by molar-refractivity contribution is -0.137. The molecule has 0 amide bonds. The fourth-order valence-electron chi connectivity index (χ4n) is 2.28. The molecule has 0 saturated heterocycles. The topological polar surface area (TPSA) is 72.1 Å². The number of rotatable bonds is 5. The monoisotopic (exact) mass is 372 g/mol. The number of Topliss-reactive ketones (excluding diaryl/α,β-unsaturated/α-hetero) is 1. The molecule has 0 aromatic carbocycles. The van der Waals surface area contributed by atoms with Gasteiger partial charge in [-0.3, -0.25) is 4.79 Å². The number of methoxy groups -OCH3 is 1. The molecule has 2 rings (SSSR count). The Morgan fingerprint density at radius 3 is 2.48 bits per heavy atom. The number of halogens is 3. The first-order valence-corrected chi connectivity index (χ1v) is 8.10. The summed E-state index contributed by atoms with van der Waals surface area (Å²) in [7, 11) is 1.25. The van der Waals surface area contributed by atoms with Gasteiger partial charge < -0.3 is 9.72 Å². The molecule has 0 aliphatic carbocycles. The number of nitrogens with one attached hydrogen (secondary N) is 1. The number of hydrogen-bond acceptors (Lipinski definition) is 5.